The van der Waals surface area contributed by atoms with Crippen LogP contribution in [0.3, 0.4) is 0 Å². The molecule has 18 heavy (non-hydrogen) atoms. The third kappa shape index (κ3) is 1.67. The number of carbonyl (C=O) groups excluding carboxylic acids is 2. The van der Waals surface area contributed by atoms with E-state index >= 15 is 0 Å². The summed E-state index contributed by atoms with van der Waals surface area (Å²) >= 11 is 0. The molecule has 2 aliphatic heterocycles. The van der Waals surface area contributed by atoms with Crippen LogP contribution in [-0.2, 0) is 4.79 Å². The first kappa shape index (κ1) is 10.6. The van der Waals surface area contributed by atoms with Crippen LogP contribution >= 0.6 is 0 Å². The topological polar surface area (TPSA) is 82.9 Å². The van der Waals surface area contributed by atoms with Crippen molar-refractivity contribution in [3.8, 4) is 0 Å². The fraction of sp³-hybridized carbons (Fsp3) is 0.167. The highest BCUT2D eigenvalue weighted by Gasteiger charge is 2.36. The molecule has 0 bridgehead atoms. The molecule has 1 atom stereocenters. The zero-order chi connectivity index (χ0) is 12.7. The Bertz CT molecular complexity index is 601. The molecule has 1 aromatic carbocycles. The van der Waals surface area contributed by atoms with Gasteiger partial charge in [0.1, 0.15) is 5.84 Å². The third-order valence-electron chi connectivity index (χ3n) is 2.77. The molecule has 1 fully saturated rings. The summed E-state index contributed by atoms with van der Waals surface area (Å²) in [5.41, 5.74) is 1.96. The second-order valence-electron chi connectivity index (χ2n) is 4.16. The average Bonchev–Trinajstić information content (AvgIpc) is 2.74. The second-order valence-corrected chi connectivity index (χ2v) is 4.16. The third-order valence-corrected chi connectivity index (χ3v) is 2.77. The number of aryl methyl sites for hydroxylation is 1. The van der Waals surface area contributed by atoms with Crippen molar-refractivity contribution < 1.29 is 9.59 Å². The minimum Gasteiger partial charge on any atom is -0.293 e. The normalized spacial score (nSPS) is 21.7. The standard InChI is InChI=1S/C12H10N4O2/c1-6-2-4-7(5-3-6)9-13-8-10(14-9)15-12(18)16-11(8)17/h2-5,8H,1H3,(H2,13,14,15,16,17,18). The van der Waals surface area contributed by atoms with Crippen LogP contribution in [0.5, 0.6) is 0 Å². The maximum atomic E-state index is 11.6. The highest BCUT2D eigenvalue weighted by atomic mass is 16.2. The molecular formula is C12H10N4O2. The lowest BCUT2D eigenvalue weighted by molar-refractivity contribution is -0.120. The number of hydrogen-bond donors (Lipinski definition) is 2. The molecule has 0 radical (unpaired) electrons. The highest BCUT2D eigenvalue weighted by molar-refractivity contribution is 6.27. The minimum absolute atomic E-state index is 0.291. The number of benzene rings is 1. The van der Waals surface area contributed by atoms with Crippen LogP contribution in [0.4, 0.5) is 4.79 Å². The zero-order valence-electron chi connectivity index (χ0n) is 9.60. The fourth-order valence-corrected chi connectivity index (χ4v) is 1.84. The Hall–Kier alpha value is -2.50. The summed E-state index contributed by atoms with van der Waals surface area (Å²) in [6.45, 7) is 1.99. The summed E-state index contributed by atoms with van der Waals surface area (Å²) in [6, 6.07) is 6.36. The van der Waals surface area contributed by atoms with E-state index in [1.807, 2.05) is 31.2 Å². The molecule has 2 aliphatic rings. The lowest BCUT2D eigenvalue weighted by Crippen LogP contribution is -2.57. The maximum Gasteiger partial charge on any atom is 0.326 e. The monoisotopic (exact) mass is 242 g/mol. The number of urea groups is 1. The summed E-state index contributed by atoms with van der Waals surface area (Å²) < 4.78 is 0. The predicted octanol–water partition coefficient (Wildman–Crippen LogP) is 0.362. The first-order valence-electron chi connectivity index (χ1n) is 5.49. The molecule has 1 saturated heterocycles. The zero-order valence-corrected chi connectivity index (χ0v) is 9.60. The van der Waals surface area contributed by atoms with Crippen molar-refractivity contribution in [1.82, 2.24) is 10.6 Å². The summed E-state index contributed by atoms with van der Waals surface area (Å²) in [5, 5.41) is 4.64. The van der Waals surface area contributed by atoms with Gasteiger partial charge < -0.3 is 0 Å². The summed E-state index contributed by atoms with van der Waals surface area (Å²) in [5.74, 6) is 0.311. The van der Waals surface area contributed by atoms with E-state index in [0.29, 0.717) is 11.7 Å². The van der Waals surface area contributed by atoms with Gasteiger partial charge in [-0.25, -0.2) is 14.8 Å². The van der Waals surface area contributed by atoms with Gasteiger partial charge in [0.05, 0.1) is 0 Å². The van der Waals surface area contributed by atoms with Gasteiger partial charge >= 0.3 is 6.03 Å². The number of hydrogen-bond acceptors (Lipinski definition) is 4. The molecule has 1 aromatic rings. The van der Waals surface area contributed by atoms with Crippen LogP contribution in [-0.4, -0.2) is 29.7 Å². The number of aliphatic imine (C=N–C) groups is 2. The quantitative estimate of drug-likeness (QED) is 0.745. The minimum atomic E-state index is -0.737. The molecule has 2 heterocycles. The van der Waals surface area contributed by atoms with Crippen LogP contribution in [0.25, 0.3) is 0 Å². The molecule has 2 N–H and O–H groups in total. The summed E-state index contributed by atoms with van der Waals surface area (Å²) in [4.78, 5) is 31.1. The molecule has 90 valence electrons. The van der Waals surface area contributed by atoms with E-state index in [4.69, 9.17) is 0 Å². The Morgan fingerprint density at radius 2 is 1.83 bits per heavy atom. The van der Waals surface area contributed by atoms with E-state index in [2.05, 4.69) is 20.6 Å². The summed E-state index contributed by atoms with van der Waals surface area (Å²) in [6.07, 6.45) is 0. The lowest BCUT2D eigenvalue weighted by Gasteiger charge is -2.16. The van der Waals surface area contributed by atoms with Crippen molar-refractivity contribution >= 4 is 23.6 Å². The Morgan fingerprint density at radius 1 is 1.11 bits per heavy atom. The first-order valence-corrected chi connectivity index (χ1v) is 5.49. The number of imide groups is 1. The number of fused-ring (bicyclic) bond motifs is 1. The van der Waals surface area contributed by atoms with Crippen molar-refractivity contribution in [2.75, 3.05) is 0 Å². The van der Waals surface area contributed by atoms with Gasteiger partial charge in [-0.1, -0.05) is 29.8 Å². The molecule has 3 rings (SSSR count). The van der Waals surface area contributed by atoms with Crippen LogP contribution in [0.2, 0.25) is 0 Å². The van der Waals surface area contributed by atoms with Gasteiger partial charge in [-0.15, -0.1) is 0 Å². The lowest BCUT2D eigenvalue weighted by atomic mass is 10.1. The molecule has 1 unspecified atom stereocenters. The van der Waals surface area contributed by atoms with E-state index < -0.39 is 18.0 Å². The average molecular weight is 242 g/mol. The van der Waals surface area contributed by atoms with Crippen LogP contribution < -0.4 is 10.6 Å². The Morgan fingerprint density at radius 3 is 2.56 bits per heavy atom. The van der Waals surface area contributed by atoms with Gasteiger partial charge in [0.25, 0.3) is 5.91 Å². The molecule has 6 heteroatoms. The largest absolute Gasteiger partial charge is 0.326 e. The highest BCUT2D eigenvalue weighted by Crippen LogP contribution is 2.14. The van der Waals surface area contributed by atoms with Crippen LogP contribution in [0, 0.1) is 6.92 Å². The van der Waals surface area contributed by atoms with Crippen molar-refractivity contribution in [1.29, 1.82) is 0 Å². The molecule has 6 nitrogen and oxygen atoms in total. The Labute approximate surface area is 103 Å². The van der Waals surface area contributed by atoms with Crippen LogP contribution in [0.1, 0.15) is 11.1 Å². The van der Waals surface area contributed by atoms with Gasteiger partial charge in [-0.05, 0) is 6.92 Å². The van der Waals surface area contributed by atoms with E-state index in [0.717, 1.165) is 11.1 Å². The van der Waals surface area contributed by atoms with Crippen molar-refractivity contribution in [3.63, 3.8) is 0 Å². The van der Waals surface area contributed by atoms with Gasteiger partial charge in [0.2, 0.25) is 0 Å². The van der Waals surface area contributed by atoms with E-state index in [9.17, 15) is 9.59 Å². The number of rotatable bonds is 1. The number of amidine groups is 2. The smallest absolute Gasteiger partial charge is 0.293 e. The van der Waals surface area contributed by atoms with Gasteiger partial charge in [0.15, 0.2) is 11.9 Å². The predicted molar refractivity (Wildman–Crippen MR) is 65.6 cm³/mol. The molecular weight excluding hydrogens is 232 g/mol. The van der Waals surface area contributed by atoms with Gasteiger partial charge in [-0.3, -0.25) is 15.4 Å². The maximum absolute atomic E-state index is 11.6. The van der Waals surface area contributed by atoms with Crippen LogP contribution in [0.15, 0.2) is 34.3 Å². The number of nitrogens with zero attached hydrogens (tertiary/aromatic N) is 2. The number of carbonyl (C=O) groups is 2. The Kier molecular flexibility index (Phi) is 2.22. The van der Waals surface area contributed by atoms with Gasteiger partial charge in [0, 0.05) is 5.56 Å². The van der Waals surface area contributed by atoms with E-state index in [1.165, 1.54) is 0 Å². The van der Waals surface area contributed by atoms with Crippen molar-refractivity contribution in [3.05, 3.63) is 35.4 Å². The second kappa shape index (κ2) is 3.76. The SMILES string of the molecule is Cc1ccc(C2=NC3C(=O)NC(=O)NC3=N2)cc1. The molecule has 0 spiro atoms. The van der Waals surface area contributed by atoms with Gasteiger partial charge in [-0.2, -0.15) is 0 Å². The van der Waals surface area contributed by atoms with E-state index in [1.54, 1.807) is 0 Å². The summed E-state index contributed by atoms with van der Waals surface area (Å²) in [7, 11) is 0. The number of amides is 3. The Balaban J connectivity index is 1.96. The first-order chi connectivity index (χ1) is 8.63. The number of nitrogens with one attached hydrogen (secondary N) is 2. The van der Waals surface area contributed by atoms with Crippen molar-refractivity contribution in [2.45, 2.75) is 13.0 Å². The molecule has 0 aliphatic carbocycles. The fourth-order valence-electron chi connectivity index (χ4n) is 1.84. The molecule has 0 saturated carbocycles. The van der Waals surface area contributed by atoms with E-state index in [-0.39, 0.29) is 0 Å². The molecule has 3 amide bonds. The molecule has 0 aromatic heterocycles. The van der Waals surface area contributed by atoms with Crippen molar-refractivity contribution in [2.24, 2.45) is 9.98 Å².